The molecule has 2 nitrogen and oxygen atoms in total. The van der Waals surface area contributed by atoms with Gasteiger partial charge in [0.15, 0.2) is 0 Å². The molecule has 0 aliphatic heterocycles. The maximum atomic E-state index is 12.3. The fourth-order valence-corrected chi connectivity index (χ4v) is 1.16. The molecule has 0 aromatic carbocycles. The molecule has 0 bridgehead atoms. The Morgan fingerprint density at radius 3 is 2.92 bits per heavy atom. The highest BCUT2D eigenvalue weighted by molar-refractivity contribution is 5.78. The first-order valence-corrected chi connectivity index (χ1v) is 3.49. The van der Waals surface area contributed by atoms with Crippen LogP contribution in [0.3, 0.4) is 0 Å². The van der Waals surface area contributed by atoms with Crippen molar-refractivity contribution in [3.8, 4) is 0 Å². The molecule has 0 saturated heterocycles. The maximum Gasteiger partial charge on any atom is 0.265 e. The summed E-state index contributed by atoms with van der Waals surface area (Å²) in [5.41, 5.74) is 1.00. The summed E-state index contributed by atoms with van der Waals surface area (Å²) in [7, 11) is 0. The number of rotatable bonds is 1. The lowest BCUT2D eigenvalue weighted by molar-refractivity contribution is 0.153. The van der Waals surface area contributed by atoms with Crippen LogP contribution in [0.1, 0.15) is 12.0 Å². The molecular formula is C8H6F2N2. The second kappa shape index (κ2) is 2.55. The molecule has 0 unspecified atom stereocenters. The summed E-state index contributed by atoms with van der Waals surface area (Å²) >= 11 is 0. The molecule has 0 radical (unpaired) electrons. The third kappa shape index (κ3) is 0.958. The Labute approximate surface area is 67.2 Å². The van der Waals surface area contributed by atoms with E-state index in [0.29, 0.717) is 11.0 Å². The lowest BCUT2D eigenvalue weighted by Gasteiger charge is -1.99. The van der Waals surface area contributed by atoms with Crippen molar-refractivity contribution in [2.45, 2.75) is 6.43 Å². The first-order chi connectivity index (χ1) is 5.79. The van der Waals surface area contributed by atoms with Gasteiger partial charge in [0, 0.05) is 18.0 Å². The van der Waals surface area contributed by atoms with E-state index in [-0.39, 0.29) is 5.56 Å². The van der Waals surface area contributed by atoms with E-state index in [4.69, 9.17) is 0 Å². The minimum absolute atomic E-state index is 0.00463. The van der Waals surface area contributed by atoms with Crippen molar-refractivity contribution < 1.29 is 8.78 Å². The standard InChI is InChI=1S/C8H6F2N2/c9-8(10)5-1-3-11-6-2-4-12-7(5)6/h1-4,8,12H. The van der Waals surface area contributed by atoms with Gasteiger partial charge in [-0.25, -0.2) is 8.78 Å². The molecule has 0 saturated carbocycles. The summed E-state index contributed by atoms with van der Waals surface area (Å²) < 4.78 is 24.7. The summed E-state index contributed by atoms with van der Waals surface area (Å²) in [6.07, 6.45) is 0.537. The zero-order chi connectivity index (χ0) is 8.55. The minimum atomic E-state index is -2.45. The van der Waals surface area contributed by atoms with E-state index in [1.807, 2.05) is 0 Å². The van der Waals surface area contributed by atoms with Gasteiger partial charge in [-0.2, -0.15) is 0 Å². The van der Waals surface area contributed by atoms with Crippen molar-refractivity contribution in [3.05, 3.63) is 30.1 Å². The number of H-pyrrole nitrogens is 1. The summed E-state index contributed by atoms with van der Waals surface area (Å²) in [5.74, 6) is 0. The average molecular weight is 168 g/mol. The number of aromatic nitrogens is 2. The predicted octanol–water partition coefficient (Wildman–Crippen LogP) is 2.50. The Kier molecular flexibility index (Phi) is 1.53. The molecule has 2 rings (SSSR count). The fourth-order valence-electron chi connectivity index (χ4n) is 1.16. The van der Waals surface area contributed by atoms with Crippen molar-refractivity contribution in [1.29, 1.82) is 0 Å². The summed E-state index contributed by atoms with van der Waals surface area (Å²) in [6.45, 7) is 0. The topological polar surface area (TPSA) is 28.7 Å². The normalized spacial score (nSPS) is 11.2. The number of hydrogen-bond donors (Lipinski definition) is 1. The summed E-state index contributed by atoms with van der Waals surface area (Å²) in [5, 5.41) is 0. The highest BCUT2D eigenvalue weighted by Gasteiger charge is 2.11. The molecule has 4 heteroatoms. The van der Waals surface area contributed by atoms with Crippen LogP contribution in [0.15, 0.2) is 24.5 Å². The predicted molar refractivity (Wildman–Crippen MR) is 41.1 cm³/mol. The molecule has 1 N–H and O–H groups in total. The van der Waals surface area contributed by atoms with Gasteiger partial charge in [0.1, 0.15) is 0 Å². The molecule has 0 atom stereocenters. The van der Waals surface area contributed by atoms with Gasteiger partial charge in [-0.1, -0.05) is 0 Å². The lowest BCUT2D eigenvalue weighted by Crippen LogP contribution is -1.87. The van der Waals surface area contributed by atoms with E-state index in [1.165, 1.54) is 12.3 Å². The molecule has 2 aromatic rings. The lowest BCUT2D eigenvalue weighted by atomic mass is 10.2. The van der Waals surface area contributed by atoms with Crippen LogP contribution < -0.4 is 0 Å². The molecule has 0 fully saturated rings. The first kappa shape index (κ1) is 7.21. The van der Waals surface area contributed by atoms with E-state index in [9.17, 15) is 8.78 Å². The van der Waals surface area contributed by atoms with Crippen molar-refractivity contribution in [3.63, 3.8) is 0 Å². The average Bonchev–Trinajstić information content (AvgIpc) is 2.49. The van der Waals surface area contributed by atoms with Crippen LogP contribution in [0.2, 0.25) is 0 Å². The van der Waals surface area contributed by atoms with Gasteiger partial charge in [0.2, 0.25) is 0 Å². The number of hydrogen-bond acceptors (Lipinski definition) is 1. The van der Waals surface area contributed by atoms with Gasteiger partial charge in [-0.3, -0.25) is 4.98 Å². The van der Waals surface area contributed by atoms with Crippen molar-refractivity contribution in [2.75, 3.05) is 0 Å². The van der Waals surface area contributed by atoms with Crippen LogP contribution in [0.25, 0.3) is 11.0 Å². The Morgan fingerprint density at radius 2 is 2.17 bits per heavy atom. The SMILES string of the molecule is FC(F)c1ccnc2cc[nH]c12. The Morgan fingerprint density at radius 1 is 1.33 bits per heavy atom. The van der Waals surface area contributed by atoms with Gasteiger partial charge in [0.05, 0.1) is 11.0 Å². The summed E-state index contributed by atoms with van der Waals surface area (Å²) in [6, 6.07) is 2.99. The van der Waals surface area contributed by atoms with E-state index in [0.717, 1.165) is 0 Å². The molecule has 0 aliphatic carbocycles. The van der Waals surface area contributed by atoms with Crippen molar-refractivity contribution in [1.82, 2.24) is 9.97 Å². The van der Waals surface area contributed by atoms with Gasteiger partial charge >= 0.3 is 0 Å². The Bertz CT molecular complexity index is 395. The zero-order valence-electron chi connectivity index (χ0n) is 6.09. The third-order valence-electron chi connectivity index (χ3n) is 1.72. The van der Waals surface area contributed by atoms with Crippen LogP contribution in [-0.4, -0.2) is 9.97 Å². The van der Waals surface area contributed by atoms with Crippen LogP contribution in [-0.2, 0) is 0 Å². The van der Waals surface area contributed by atoms with Crippen molar-refractivity contribution in [2.24, 2.45) is 0 Å². The molecule has 2 heterocycles. The highest BCUT2D eigenvalue weighted by Crippen LogP contribution is 2.24. The van der Waals surface area contributed by atoms with Crippen LogP contribution in [0.4, 0.5) is 8.78 Å². The van der Waals surface area contributed by atoms with Gasteiger partial charge in [0.25, 0.3) is 6.43 Å². The fraction of sp³-hybridized carbons (Fsp3) is 0.125. The number of pyridine rings is 1. The number of nitrogens with one attached hydrogen (secondary N) is 1. The third-order valence-corrected chi connectivity index (χ3v) is 1.72. The largest absolute Gasteiger partial charge is 0.359 e. The van der Waals surface area contributed by atoms with E-state index < -0.39 is 6.43 Å². The van der Waals surface area contributed by atoms with Crippen LogP contribution in [0, 0.1) is 0 Å². The molecule has 2 aromatic heterocycles. The minimum Gasteiger partial charge on any atom is -0.359 e. The molecule has 0 aliphatic rings. The number of nitrogens with zero attached hydrogens (tertiary/aromatic N) is 1. The maximum absolute atomic E-state index is 12.3. The quantitative estimate of drug-likeness (QED) is 0.696. The smallest absolute Gasteiger partial charge is 0.265 e. The Balaban J connectivity index is 2.73. The van der Waals surface area contributed by atoms with Gasteiger partial charge in [-0.15, -0.1) is 0 Å². The van der Waals surface area contributed by atoms with E-state index >= 15 is 0 Å². The number of alkyl halides is 2. The number of aromatic amines is 1. The number of fused-ring (bicyclic) bond motifs is 1. The van der Waals surface area contributed by atoms with E-state index in [1.54, 1.807) is 12.3 Å². The molecule has 12 heavy (non-hydrogen) atoms. The van der Waals surface area contributed by atoms with Crippen LogP contribution >= 0.6 is 0 Å². The monoisotopic (exact) mass is 168 g/mol. The second-order valence-electron chi connectivity index (χ2n) is 2.44. The molecule has 62 valence electrons. The Hall–Kier alpha value is -1.45. The zero-order valence-corrected chi connectivity index (χ0v) is 6.09. The highest BCUT2D eigenvalue weighted by atomic mass is 19.3. The van der Waals surface area contributed by atoms with Gasteiger partial charge < -0.3 is 4.98 Å². The molecule has 0 spiro atoms. The first-order valence-electron chi connectivity index (χ1n) is 3.49. The van der Waals surface area contributed by atoms with Crippen LogP contribution in [0.5, 0.6) is 0 Å². The van der Waals surface area contributed by atoms with Gasteiger partial charge in [-0.05, 0) is 12.1 Å². The molecular weight excluding hydrogens is 162 g/mol. The molecule has 0 amide bonds. The van der Waals surface area contributed by atoms with E-state index in [2.05, 4.69) is 9.97 Å². The van der Waals surface area contributed by atoms with Crippen molar-refractivity contribution >= 4 is 11.0 Å². The second-order valence-corrected chi connectivity index (χ2v) is 2.44. The summed E-state index contributed by atoms with van der Waals surface area (Å²) in [4.78, 5) is 6.65. The number of halogens is 2.